The minimum absolute atomic E-state index is 0.0902. The lowest BCUT2D eigenvalue weighted by molar-refractivity contribution is -0.124. The summed E-state index contributed by atoms with van der Waals surface area (Å²) in [6.07, 6.45) is 0. The molecule has 0 saturated carbocycles. The molecular weight excluding hydrogens is 410 g/mol. The van der Waals surface area contributed by atoms with Gasteiger partial charge in [-0.2, -0.15) is 0 Å². The van der Waals surface area contributed by atoms with Crippen molar-refractivity contribution >= 4 is 35.3 Å². The molecule has 3 amide bonds. The van der Waals surface area contributed by atoms with Crippen LogP contribution in [-0.4, -0.2) is 50.4 Å². The summed E-state index contributed by atoms with van der Waals surface area (Å²) >= 11 is 7.29. The number of carbonyl (C=O) groups excluding carboxylic acids is 2. The van der Waals surface area contributed by atoms with Crippen LogP contribution in [0.3, 0.4) is 0 Å². The molecule has 0 spiro atoms. The van der Waals surface area contributed by atoms with Gasteiger partial charge >= 0.3 is 6.03 Å². The third kappa shape index (κ3) is 4.13. The van der Waals surface area contributed by atoms with Crippen LogP contribution in [0.5, 0.6) is 0 Å². The molecule has 7 nitrogen and oxygen atoms in total. The number of imide groups is 1. The highest BCUT2D eigenvalue weighted by molar-refractivity contribution is 7.99. The van der Waals surface area contributed by atoms with Crippen molar-refractivity contribution in [1.29, 1.82) is 0 Å². The molecule has 0 radical (unpaired) electrons. The van der Waals surface area contributed by atoms with E-state index in [2.05, 4.69) is 15.5 Å². The minimum Gasteiger partial charge on any atom is -0.336 e. The number of carbonyl (C=O) groups is 2. The number of halogens is 1. The molecule has 29 heavy (non-hydrogen) atoms. The molecule has 1 N–H and O–H groups in total. The Kier molecular flexibility index (Phi) is 5.55. The lowest BCUT2D eigenvalue weighted by atomic mass is 10.1. The van der Waals surface area contributed by atoms with E-state index in [-0.39, 0.29) is 17.7 Å². The first kappa shape index (κ1) is 19.5. The smallest absolute Gasteiger partial charge is 0.324 e. The Morgan fingerprint density at radius 2 is 2.00 bits per heavy atom. The summed E-state index contributed by atoms with van der Waals surface area (Å²) in [6, 6.07) is 15.0. The van der Waals surface area contributed by atoms with Gasteiger partial charge in [-0.25, -0.2) is 4.79 Å². The van der Waals surface area contributed by atoms with Crippen LogP contribution < -0.4 is 5.32 Å². The van der Waals surface area contributed by atoms with E-state index in [1.165, 1.54) is 16.7 Å². The van der Waals surface area contributed by atoms with Crippen molar-refractivity contribution in [1.82, 2.24) is 25.0 Å². The van der Waals surface area contributed by atoms with Crippen LogP contribution in [0.1, 0.15) is 5.56 Å². The zero-order chi connectivity index (χ0) is 20.4. The van der Waals surface area contributed by atoms with E-state index in [0.717, 1.165) is 16.8 Å². The van der Waals surface area contributed by atoms with Gasteiger partial charge in [-0.15, -0.1) is 10.2 Å². The van der Waals surface area contributed by atoms with E-state index in [0.29, 0.717) is 29.1 Å². The molecular formula is C20H18ClN5O2S. The average molecular weight is 428 g/mol. The standard InChI is InChI=1S/C20H18ClN5O2S/c1-13-3-2-4-14(11-13)18-23-24-20(26(18)16-7-5-15(21)6-8-16)29-12-17(27)25-10-9-22-19(25)28/h2-8,11H,9-10,12H2,1H3,(H,22,28). The van der Waals surface area contributed by atoms with Gasteiger partial charge in [0.05, 0.1) is 5.75 Å². The van der Waals surface area contributed by atoms with Gasteiger partial charge in [-0.05, 0) is 37.3 Å². The number of amides is 3. The summed E-state index contributed by atoms with van der Waals surface area (Å²) in [5, 5.41) is 12.5. The highest BCUT2D eigenvalue weighted by Gasteiger charge is 2.27. The number of hydrogen-bond donors (Lipinski definition) is 1. The number of nitrogens with one attached hydrogen (secondary N) is 1. The predicted octanol–water partition coefficient (Wildman–Crippen LogP) is 3.54. The van der Waals surface area contributed by atoms with E-state index in [1.807, 2.05) is 47.9 Å². The summed E-state index contributed by atoms with van der Waals surface area (Å²) in [6.45, 7) is 2.88. The second kappa shape index (κ2) is 8.26. The number of thioether (sulfide) groups is 1. The third-order valence-corrected chi connectivity index (χ3v) is 5.64. The Balaban J connectivity index is 1.67. The van der Waals surface area contributed by atoms with Crippen molar-refractivity contribution in [3.63, 3.8) is 0 Å². The zero-order valence-electron chi connectivity index (χ0n) is 15.6. The Bertz CT molecular complexity index is 1070. The molecule has 0 aliphatic carbocycles. The zero-order valence-corrected chi connectivity index (χ0v) is 17.2. The maximum absolute atomic E-state index is 12.4. The molecule has 9 heteroatoms. The molecule has 0 atom stereocenters. The summed E-state index contributed by atoms with van der Waals surface area (Å²) < 4.78 is 1.90. The van der Waals surface area contributed by atoms with Crippen molar-refractivity contribution in [2.45, 2.75) is 12.1 Å². The Hall–Kier alpha value is -2.84. The van der Waals surface area contributed by atoms with Gasteiger partial charge in [-0.1, -0.05) is 47.1 Å². The highest BCUT2D eigenvalue weighted by atomic mass is 35.5. The van der Waals surface area contributed by atoms with Crippen LogP contribution in [0.4, 0.5) is 4.79 Å². The van der Waals surface area contributed by atoms with Gasteiger partial charge in [0.15, 0.2) is 11.0 Å². The van der Waals surface area contributed by atoms with Crippen LogP contribution >= 0.6 is 23.4 Å². The third-order valence-electron chi connectivity index (χ3n) is 4.48. The fraction of sp³-hybridized carbons (Fsp3) is 0.200. The van der Waals surface area contributed by atoms with Crippen molar-refractivity contribution in [2.75, 3.05) is 18.8 Å². The summed E-state index contributed by atoms with van der Waals surface area (Å²) in [5.41, 5.74) is 2.87. The highest BCUT2D eigenvalue weighted by Crippen LogP contribution is 2.29. The van der Waals surface area contributed by atoms with Crippen molar-refractivity contribution in [3.8, 4) is 17.1 Å². The van der Waals surface area contributed by atoms with E-state index in [9.17, 15) is 9.59 Å². The minimum atomic E-state index is -0.352. The van der Waals surface area contributed by atoms with Gasteiger partial charge in [0.25, 0.3) is 0 Å². The molecule has 1 aromatic heterocycles. The van der Waals surface area contributed by atoms with Crippen molar-refractivity contribution < 1.29 is 9.59 Å². The van der Waals surface area contributed by atoms with Gasteiger partial charge in [0.1, 0.15) is 0 Å². The molecule has 2 aromatic carbocycles. The first-order valence-corrected chi connectivity index (χ1v) is 10.4. The summed E-state index contributed by atoms with van der Waals surface area (Å²) in [5.74, 6) is 0.505. The largest absolute Gasteiger partial charge is 0.336 e. The first-order valence-electron chi connectivity index (χ1n) is 9.02. The Labute approximate surface area is 177 Å². The van der Waals surface area contributed by atoms with Crippen LogP contribution in [-0.2, 0) is 4.79 Å². The van der Waals surface area contributed by atoms with Gasteiger partial charge in [-0.3, -0.25) is 14.3 Å². The molecule has 2 heterocycles. The molecule has 1 saturated heterocycles. The summed E-state index contributed by atoms with van der Waals surface area (Å²) in [7, 11) is 0. The van der Waals surface area contributed by atoms with Crippen molar-refractivity contribution in [3.05, 3.63) is 59.1 Å². The maximum atomic E-state index is 12.4. The maximum Gasteiger partial charge on any atom is 0.324 e. The second-order valence-electron chi connectivity index (χ2n) is 6.55. The second-order valence-corrected chi connectivity index (χ2v) is 7.93. The van der Waals surface area contributed by atoms with E-state index in [1.54, 1.807) is 12.1 Å². The number of rotatable bonds is 5. The van der Waals surface area contributed by atoms with Crippen LogP contribution in [0, 0.1) is 6.92 Å². The molecule has 0 bridgehead atoms. The average Bonchev–Trinajstić information content (AvgIpc) is 3.33. The van der Waals surface area contributed by atoms with E-state index < -0.39 is 0 Å². The normalized spacial score (nSPS) is 13.6. The predicted molar refractivity (Wildman–Crippen MR) is 112 cm³/mol. The van der Waals surface area contributed by atoms with Crippen LogP contribution in [0.2, 0.25) is 5.02 Å². The number of hydrogen-bond acceptors (Lipinski definition) is 5. The SMILES string of the molecule is Cc1cccc(-c2nnc(SCC(=O)N3CCNC3=O)n2-c2ccc(Cl)cc2)c1. The topological polar surface area (TPSA) is 80.1 Å². The fourth-order valence-electron chi connectivity index (χ4n) is 3.07. The number of urea groups is 1. The number of nitrogens with zero attached hydrogens (tertiary/aromatic N) is 4. The molecule has 1 aliphatic rings. The fourth-order valence-corrected chi connectivity index (χ4v) is 4.03. The quantitative estimate of drug-likeness (QED) is 0.630. The molecule has 3 aromatic rings. The van der Waals surface area contributed by atoms with Crippen LogP contribution in [0.25, 0.3) is 17.1 Å². The Morgan fingerprint density at radius 1 is 1.21 bits per heavy atom. The van der Waals surface area contributed by atoms with Crippen LogP contribution in [0.15, 0.2) is 53.7 Å². The number of benzene rings is 2. The van der Waals surface area contributed by atoms with Gasteiger partial charge < -0.3 is 5.32 Å². The van der Waals surface area contributed by atoms with Gasteiger partial charge in [0, 0.05) is 29.4 Å². The monoisotopic (exact) mass is 427 g/mol. The first-order chi connectivity index (χ1) is 14.0. The van der Waals surface area contributed by atoms with Crippen molar-refractivity contribution in [2.24, 2.45) is 0 Å². The lowest BCUT2D eigenvalue weighted by Crippen LogP contribution is -2.35. The van der Waals surface area contributed by atoms with E-state index >= 15 is 0 Å². The molecule has 1 aliphatic heterocycles. The molecule has 4 rings (SSSR count). The molecule has 1 fully saturated rings. The van der Waals surface area contributed by atoms with E-state index in [4.69, 9.17) is 11.6 Å². The van der Waals surface area contributed by atoms with Gasteiger partial charge in [0.2, 0.25) is 5.91 Å². The Morgan fingerprint density at radius 3 is 2.69 bits per heavy atom. The lowest BCUT2D eigenvalue weighted by Gasteiger charge is -2.13. The molecule has 148 valence electrons. The summed E-state index contributed by atoms with van der Waals surface area (Å²) in [4.78, 5) is 25.3. The number of aromatic nitrogens is 3. The molecule has 0 unspecified atom stereocenters. The number of aryl methyl sites for hydroxylation is 1.